The molecule has 0 aliphatic rings. The third-order valence-electron chi connectivity index (χ3n) is 2.35. The molecule has 2 atom stereocenters. The van der Waals surface area contributed by atoms with E-state index in [0.29, 0.717) is 5.56 Å². The maximum absolute atomic E-state index is 11.5. The van der Waals surface area contributed by atoms with Crippen LogP contribution in [0.5, 0.6) is 0 Å². The van der Waals surface area contributed by atoms with Crippen molar-refractivity contribution < 1.29 is 24.6 Å². The highest BCUT2D eigenvalue weighted by atomic mass is 16.4. The van der Waals surface area contributed by atoms with Gasteiger partial charge in [0.1, 0.15) is 6.04 Å². The molecule has 1 heterocycles. The Bertz CT molecular complexity index is 458. The fourth-order valence-corrected chi connectivity index (χ4v) is 1.35. The average molecular weight is 270 g/mol. The number of aromatic amines is 1. The summed E-state index contributed by atoms with van der Waals surface area (Å²) in [7, 11) is 0. The highest BCUT2D eigenvalue weighted by Gasteiger charge is 2.23. The van der Waals surface area contributed by atoms with E-state index < -0.39 is 36.5 Å². The maximum Gasteiger partial charge on any atom is 0.326 e. The lowest BCUT2D eigenvalue weighted by Gasteiger charge is -2.16. The largest absolute Gasteiger partial charge is 0.481 e. The van der Waals surface area contributed by atoms with Crippen LogP contribution in [0.15, 0.2) is 12.4 Å². The van der Waals surface area contributed by atoms with Gasteiger partial charge >= 0.3 is 18.0 Å². The van der Waals surface area contributed by atoms with Gasteiger partial charge in [-0.3, -0.25) is 9.89 Å². The van der Waals surface area contributed by atoms with Gasteiger partial charge in [0.2, 0.25) is 0 Å². The van der Waals surface area contributed by atoms with Gasteiger partial charge < -0.3 is 20.8 Å². The second-order valence-corrected chi connectivity index (χ2v) is 3.86. The number of aliphatic carboxylic acids is 2. The zero-order chi connectivity index (χ0) is 14.4. The molecule has 0 saturated carbocycles. The van der Waals surface area contributed by atoms with E-state index in [2.05, 4.69) is 20.8 Å². The molecule has 0 aromatic carbocycles. The van der Waals surface area contributed by atoms with Gasteiger partial charge in [0.15, 0.2) is 0 Å². The van der Waals surface area contributed by atoms with Crippen LogP contribution in [0.3, 0.4) is 0 Å². The van der Waals surface area contributed by atoms with Crippen molar-refractivity contribution in [1.29, 1.82) is 0 Å². The minimum atomic E-state index is -1.48. The molecule has 19 heavy (non-hydrogen) atoms. The van der Waals surface area contributed by atoms with Crippen molar-refractivity contribution in [3.8, 4) is 0 Å². The third-order valence-corrected chi connectivity index (χ3v) is 2.35. The first-order chi connectivity index (χ1) is 8.90. The van der Waals surface area contributed by atoms with Crippen molar-refractivity contribution in [3.63, 3.8) is 0 Å². The maximum atomic E-state index is 11.5. The van der Waals surface area contributed by atoms with E-state index >= 15 is 0 Å². The van der Waals surface area contributed by atoms with Gasteiger partial charge in [-0.1, -0.05) is 0 Å². The average Bonchev–Trinajstić information content (AvgIpc) is 2.80. The first-order valence-corrected chi connectivity index (χ1v) is 5.40. The number of amides is 2. The molecule has 1 rings (SSSR count). The van der Waals surface area contributed by atoms with Crippen LogP contribution >= 0.6 is 0 Å². The summed E-state index contributed by atoms with van der Waals surface area (Å²) in [5, 5.41) is 28.1. The molecule has 5 N–H and O–H groups in total. The zero-order valence-corrected chi connectivity index (χ0v) is 10.1. The van der Waals surface area contributed by atoms with E-state index in [1.165, 1.54) is 6.20 Å². The van der Waals surface area contributed by atoms with Gasteiger partial charge in [-0.2, -0.15) is 5.10 Å². The van der Waals surface area contributed by atoms with Crippen molar-refractivity contribution in [2.75, 3.05) is 0 Å². The topological polar surface area (TPSA) is 144 Å². The number of carbonyl (C=O) groups excluding carboxylic acids is 1. The van der Waals surface area contributed by atoms with Gasteiger partial charge in [0.05, 0.1) is 18.7 Å². The Morgan fingerprint density at radius 3 is 2.53 bits per heavy atom. The molecular weight excluding hydrogens is 256 g/mol. The highest BCUT2D eigenvalue weighted by molar-refractivity contribution is 5.86. The normalized spacial score (nSPS) is 13.3. The standard InChI is InChI=1S/C10H14N4O5/c1-5(6-3-11-12-4-6)13-10(19)14-7(9(17)18)2-8(15)16/h3-5,7H,2H2,1H3,(H,11,12)(H,15,16)(H,17,18)(H2,13,14,19). The molecule has 104 valence electrons. The van der Waals surface area contributed by atoms with E-state index in [4.69, 9.17) is 10.2 Å². The first kappa shape index (κ1) is 14.5. The molecule has 0 spiro atoms. The van der Waals surface area contributed by atoms with Gasteiger partial charge in [0.25, 0.3) is 0 Å². The molecule has 2 amide bonds. The Morgan fingerprint density at radius 2 is 2.05 bits per heavy atom. The van der Waals surface area contributed by atoms with Gasteiger partial charge in [-0.05, 0) is 6.92 Å². The Morgan fingerprint density at radius 1 is 1.37 bits per heavy atom. The fraction of sp³-hybridized carbons (Fsp3) is 0.400. The minimum Gasteiger partial charge on any atom is -0.481 e. The van der Waals surface area contributed by atoms with Crippen LogP contribution in [0.25, 0.3) is 0 Å². The van der Waals surface area contributed by atoms with Crippen molar-refractivity contribution in [3.05, 3.63) is 18.0 Å². The minimum absolute atomic E-state index is 0.391. The Balaban J connectivity index is 2.53. The quantitative estimate of drug-likeness (QED) is 0.480. The number of nitrogens with one attached hydrogen (secondary N) is 3. The molecule has 0 fully saturated rings. The van der Waals surface area contributed by atoms with Crippen LogP contribution in [0.1, 0.15) is 24.9 Å². The van der Waals surface area contributed by atoms with Crippen molar-refractivity contribution >= 4 is 18.0 Å². The number of rotatable bonds is 6. The number of carboxylic acid groups (broad SMARTS) is 2. The smallest absolute Gasteiger partial charge is 0.326 e. The van der Waals surface area contributed by atoms with Crippen LogP contribution in [0.4, 0.5) is 4.79 Å². The number of urea groups is 1. The first-order valence-electron chi connectivity index (χ1n) is 5.40. The summed E-state index contributed by atoms with van der Waals surface area (Å²) in [6, 6.07) is -2.63. The fourth-order valence-electron chi connectivity index (χ4n) is 1.35. The zero-order valence-electron chi connectivity index (χ0n) is 10.1. The number of hydrogen-bond donors (Lipinski definition) is 5. The lowest BCUT2D eigenvalue weighted by atomic mass is 10.2. The molecule has 0 radical (unpaired) electrons. The second-order valence-electron chi connectivity index (χ2n) is 3.86. The van der Waals surface area contributed by atoms with E-state index in [9.17, 15) is 14.4 Å². The molecule has 0 saturated heterocycles. The molecule has 0 bridgehead atoms. The Labute approximate surface area is 108 Å². The predicted octanol–water partition coefficient (Wildman–Crippen LogP) is -0.302. The highest BCUT2D eigenvalue weighted by Crippen LogP contribution is 2.08. The monoisotopic (exact) mass is 270 g/mol. The van der Waals surface area contributed by atoms with Crippen molar-refractivity contribution in [2.45, 2.75) is 25.4 Å². The van der Waals surface area contributed by atoms with Crippen molar-refractivity contribution in [1.82, 2.24) is 20.8 Å². The summed E-state index contributed by atoms with van der Waals surface area (Å²) in [6.45, 7) is 1.68. The van der Waals surface area contributed by atoms with E-state index in [1.54, 1.807) is 13.1 Å². The second kappa shape index (κ2) is 6.38. The summed E-state index contributed by atoms with van der Waals surface area (Å²) in [6.07, 6.45) is 2.40. The summed E-state index contributed by atoms with van der Waals surface area (Å²) in [4.78, 5) is 32.8. The molecule has 1 aromatic rings. The van der Waals surface area contributed by atoms with Crippen LogP contribution < -0.4 is 10.6 Å². The molecular formula is C10H14N4O5. The molecule has 9 heteroatoms. The molecule has 0 aliphatic heterocycles. The summed E-state index contributed by atoms with van der Waals surface area (Å²) < 4.78 is 0. The number of hydrogen-bond acceptors (Lipinski definition) is 4. The molecule has 9 nitrogen and oxygen atoms in total. The van der Waals surface area contributed by atoms with Gasteiger partial charge in [-0.15, -0.1) is 0 Å². The van der Waals surface area contributed by atoms with Gasteiger partial charge in [0, 0.05) is 11.8 Å². The lowest BCUT2D eigenvalue weighted by Crippen LogP contribution is -2.47. The van der Waals surface area contributed by atoms with Gasteiger partial charge in [-0.25, -0.2) is 9.59 Å². The van der Waals surface area contributed by atoms with Crippen LogP contribution in [0.2, 0.25) is 0 Å². The molecule has 0 aliphatic carbocycles. The third kappa shape index (κ3) is 4.66. The van der Waals surface area contributed by atoms with E-state index in [1.807, 2.05) is 0 Å². The number of nitrogens with zero attached hydrogens (tertiary/aromatic N) is 1. The summed E-state index contributed by atoms with van der Waals surface area (Å²) in [5.41, 5.74) is 0.709. The number of carbonyl (C=O) groups is 3. The molecule has 1 aromatic heterocycles. The van der Waals surface area contributed by atoms with Crippen LogP contribution in [-0.2, 0) is 9.59 Å². The number of aromatic nitrogens is 2. The Hall–Kier alpha value is -2.58. The number of carboxylic acids is 2. The number of H-pyrrole nitrogens is 1. The summed E-state index contributed by atoms with van der Waals surface area (Å²) in [5.74, 6) is -2.72. The summed E-state index contributed by atoms with van der Waals surface area (Å²) >= 11 is 0. The van der Waals surface area contributed by atoms with E-state index in [-0.39, 0.29) is 0 Å². The van der Waals surface area contributed by atoms with E-state index in [0.717, 1.165) is 0 Å². The molecule has 2 unspecified atom stereocenters. The van der Waals surface area contributed by atoms with Crippen LogP contribution in [0, 0.1) is 0 Å². The lowest BCUT2D eigenvalue weighted by molar-refractivity contribution is -0.145. The SMILES string of the molecule is CC(NC(=O)NC(CC(=O)O)C(=O)O)c1cn[nH]c1. The van der Waals surface area contributed by atoms with Crippen LogP contribution in [-0.4, -0.2) is 44.4 Å². The predicted molar refractivity (Wildman–Crippen MR) is 62.3 cm³/mol. The van der Waals surface area contributed by atoms with Crippen molar-refractivity contribution in [2.24, 2.45) is 0 Å². The Kier molecular flexibility index (Phi) is 4.86.